The first kappa shape index (κ1) is 31.1. The first-order chi connectivity index (χ1) is 15.3. The standard InChI is InChI=1S/C26H51BrO4/c27-21-15-9-7-5-3-1-2-4-6-8-14-20-26(30-24-18-12-10-16-22-28)31-25-19-13-11-17-23-29/h7,9,26,28-29H,1-6,8,10-25H2/b9-7+. The highest BCUT2D eigenvalue weighted by molar-refractivity contribution is 9.09. The molecule has 0 aliphatic carbocycles. The summed E-state index contributed by atoms with van der Waals surface area (Å²) in [4.78, 5) is 0. The van der Waals surface area contributed by atoms with Gasteiger partial charge in [0, 0.05) is 31.8 Å². The molecule has 0 aromatic rings. The SMILES string of the molecule is OCCCCCCOC(CCCCCCCCC/C=C/CCBr)OCCCCCCO. The van der Waals surface area contributed by atoms with Gasteiger partial charge in [-0.3, -0.25) is 0 Å². The predicted octanol–water partition coefficient (Wildman–Crippen LogP) is 7.30. The van der Waals surface area contributed by atoms with Crippen molar-refractivity contribution in [1.29, 1.82) is 0 Å². The lowest BCUT2D eigenvalue weighted by Gasteiger charge is -2.19. The summed E-state index contributed by atoms with van der Waals surface area (Å²) >= 11 is 3.45. The normalized spacial score (nSPS) is 11.9. The van der Waals surface area contributed by atoms with Gasteiger partial charge in [0.15, 0.2) is 6.29 Å². The van der Waals surface area contributed by atoms with Gasteiger partial charge in [-0.05, 0) is 57.8 Å². The van der Waals surface area contributed by atoms with Crippen LogP contribution in [0.4, 0.5) is 0 Å². The monoisotopic (exact) mass is 506 g/mol. The van der Waals surface area contributed by atoms with Gasteiger partial charge in [-0.2, -0.15) is 0 Å². The average molecular weight is 508 g/mol. The van der Waals surface area contributed by atoms with Crippen molar-refractivity contribution < 1.29 is 19.7 Å². The van der Waals surface area contributed by atoms with E-state index in [2.05, 4.69) is 28.1 Å². The molecule has 0 aliphatic rings. The molecule has 0 radical (unpaired) electrons. The highest BCUT2D eigenvalue weighted by Crippen LogP contribution is 2.14. The molecule has 0 amide bonds. The van der Waals surface area contributed by atoms with Crippen molar-refractivity contribution in [2.24, 2.45) is 0 Å². The van der Waals surface area contributed by atoms with Crippen LogP contribution in [0.5, 0.6) is 0 Å². The third kappa shape index (κ3) is 26.2. The number of halogens is 1. The van der Waals surface area contributed by atoms with Gasteiger partial charge in [-0.1, -0.05) is 85.9 Å². The third-order valence-electron chi connectivity index (χ3n) is 5.47. The third-order valence-corrected chi connectivity index (χ3v) is 5.92. The summed E-state index contributed by atoms with van der Waals surface area (Å²) in [5, 5.41) is 18.8. The first-order valence-corrected chi connectivity index (χ1v) is 14.1. The number of hydrogen-bond acceptors (Lipinski definition) is 4. The van der Waals surface area contributed by atoms with Gasteiger partial charge in [-0.25, -0.2) is 0 Å². The van der Waals surface area contributed by atoms with Crippen molar-refractivity contribution in [1.82, 2.24) is 0 Å². The average Bonchev–Trinajstić information content (AvgIpc) is 2.78. The van der Waals surface area contributed by atoms with E-state index in [1.54, 1.807) is 0 Å². The second-order valence-corrected chi connectivity index (χ2v) is 9.24. The zero-order valence-corrected chi connectivity index (χ0v) is 21.7. The van der Waals surface area contributed by atoms with E-state index in [9.17, 15) is 0 Å². The maximum absolute atomic E-state index is 8.86. The molecule has 4 nitrogen and oxygen atoms in total. The molecule has 0 aromatic heterocycles. The number of unbranched alkanes of at least 4 members (excludes halogenated alkanes) is 13. The Morgan fingerprint density at radius 2 is 1.00 bits per heavy atom. The predicted molar refractivity (Wildman–Crippen MR) is 136 cm³/mol. The molecule has 0 rings (SSSR count). The molecule has 2 N–H and O–H groups in total. The molecule has 0 spiro atoms. The Morgan fingerprint density at radius 1 is 0.548 bits per heavy atom. The van der Waals surface area contributed by atoms with Crippen molar-refractivity contribution >= 4 is 15.9 Å². The van der Waals surface area contributed by atoms with Crippen LogP contribution in [0.25, 0.3) is 0 Å². The van der Waals surface area contributed by atoms with E-state index in [0.717, 1.165) is 82.8 Å². The number of aliphatic hydroxyl groups excluding tert-OH is 2. The van der Waals surface area contributed by atoms with Gasteiger partial charge in [0.2, 0.25) is 0 Å². The van der Waals surface area contributed by atoms with Crippen LogP contribution in [-0.2, 0) is 9.47 Å². The smallest absolute Gasteiger partial charge is 0.157 e. The minimum Gasteiger partial charge on any atom is -0.396 e. The Bertz CT molecular complexity index is 336. The number of aliphatic hydroxyl groups is 2. The number of ether oxygens (including phenoxy) is 2. The van der Waals surface area contributed by atoms with E-state index in [4.69, 9.17) is 19.7 Å². The van der Waals surface area contributed by atoms with Gasteiger partial charge in [0.25, 0.3) is 0 Å². The summed E-state index contributed by atoms with van der Waals surface area (Å²) in [5.74, 6) is 0. The fourth-order valence-corrected chi connectivity index (χ4v) is 3.80. The summed E-state index contributed by atoms with van der Waals surface area (Å²) in [6.45, 7) is 2.09. The van der Waals surface area contributed by atoms with E-state index in [0.29, 0.717) is 0 Å². The highest BCUT2D eigenvalue weighted by Gasteiger charge is 2.09. The highest BCUT2D eigenvalue weighted by atomic mass is 79.9. The van der Waals surface area contributed by atoms with Crippen LogP contribution in [0.3, 0.4) is 0 Å². The van der Waals surface area contributed by atoms with Crippen LogP contribution < -0.4 is 0 Å². The Balaban J connectivity index is 3.75. The Hall–Kier alpha value is 0.0600. The molecule has 0 heterocycles. The van der Waals surface area contributed by atoms with Crippen LogP contribution in [0.15, 0.2) is 12.2 Å². The van der Waals surface area contributed by atoms with E-state index >= 15 is 0 Å². The van der Waals surface area contributed by atoms with E-state index in [1.165, 1.54) is 51.4 Å². The van der Waals surface area contributed by atoms with Crippen LogP contribution in [0.2, 0.25) is 0 Å². The van der Waals surface area contributed by atoms with E-state index in [-0.39, 0.29) is 19.5 Å². The fourth-order valence-electron chi connectivity index (χ4n) is 3.53. The molecular formula is C26H51BrO4. The van der Waals surface area contributed by atoms with Gasteiger partial charge in [-0.15, -0.1) is 0 Å². The zero-order valence-electron chi connectivity index (χ0n) is 20.1. The molecule has 0 fully saturated rings. The first-order valence-electron chi connectivity index (χ1n) is 13.0. The molecule has 31 heavy (non-hydrogen) atoms. The van der Waals surface area contributed by atoms with Gasteiger partial charge < -0.3 is 19.7 Å². The van der Waals surface area contributed by atoms with Gasteiger partial charge in [0.05, 0.1) is 0 Å². The van der Waals surface area contributed by atoms with Crippen LogP contribution in [0, 0.1) is 0 Å². The molecule has 0 saturated heterocycles. The molecule has 0 unspecified atom stereocenters. The number of rotatable bonds is 26. The van der Waals surface area contributed by atoms with E-state index < -0.39 is 0 Å². The number of hydrogen-bond donors (Lipinski definition) is 2. The fraction of sp³-hybridized carbons (Fsp3) is 0.923. The van der Waals surface area contributed by atoms with Crippen LogP contribution in [-0.4, -0.2) is 48.3 Å². The lowest BCUT2D eigenvalue weighted by atomic mass is 10.1. The van der Waals surface area contributed by atoms with Crippen molar-refractivity contribution in [3.05, 3.63) is 12.2 Å². The zero-order chi connectivity index (χ0) is 22.7. The van der Waals surface area contributed by atoms with Crippen molar-refractivity contribution in [2.75, 3.05) is 31.8 Å². The van der Waals surface area contributed by atoms with Crippen LogP contribution in [0.1, 0.15) is 116 Å². The summed E-state index contributed by atoms with van der Waals surface area (Å²) in [6, 6.07) is 0. The van der Waals surface area contributed by atoms with Crippen molar-refractivity contribution in [2.45, 2.75) is 122 Å². The Morgan fingerprint density at radius 3 is 1.55 bits per heavy atom. The Labute approximate surface area is 201 Å². The maximum Gasteiger partial charge on any atom is 0.157 e. The van der Waals surface area contributed by atoms with Gasteiger partial charge in [0.1, 0.15) is 0 Å². The van der Waals surface area contributed by atoms with Crippen molar-refractivity contribution in [3.63, 3.8) is 0 Å². The second-order valence-electron chi connectivity index (χ2n) is 8.45. The lowest BCUT2D eigenvalue weighted by Crippen LogP contribution is -2.19. The lowest BCUT2D eigenvalue weighted by molar-refractivity contribution is -0.148. The van der Waals surface area contributed by atoms with Crippen LogP contribution >= 0.6 is 15.9 Å². The molecular weight excluding hydrogens is 456 g/mol. The molecule has 0 atom stereocenters. The Kier molecular flexibility index (Phi) is 28.1. The van der Waals surface area contributed by atoms with Crippen molar-refractivity contribution in [3.8, 4) is 0 Å². The van der Waals surface area contributed by atoms with Gasteiger partial charge >= 0.3 is 0 Å². The molecule has 0 bridgehead atoms. The maximum atomic E-state index is 8.86. The molecule has 5 heteroatoms. The summed E-state index contributed by atoms with van der Waals surface area (Å²) < 4.78 is 12.0. The molecule has 0 aliphatic heterocycles. The molecule has 0 saturated carbocycles. The van der Waals surface area contributed by atoms with E-state index in [1.807, 2.05) is 0 Å². The summed E-state index contributed by atoms with van der Waals surface area (Å²) in [5.41, 5.74) is 0. The molecule has 0 aromatic carbocycles. The largest absolute Gasteiger partial charge is 0.396 e. The summed E-state index contributed by atoms with van der Waals surface area (Å²) in [7, 11) is 0. The second kappa shape index (κ2) is 28.1. The topological polar surface area (TPSA) is 58.9 Å². The summed E-state index contributed by atoms with van der Waals surface area (Å²) in [6.07, 6.45) is 25.2. The number of alkyl halides is 1. The minimum atomic E-state index is -0.0676. The quantitative estimate of drug-likeness (QED) is 0.0558. The minimum absolute atomic E-state index is 0.0676. The molecule has 186 valence electrons. The number of allylic oxidation sites excluding steroid dienone is 2.